The first kappa shape index (κ1) is 19.7. The Labute approximate surface area is 127 Å². The number of carbonyl (C=O) groups excluding carboxylic acids is 2. The molecule has 0 heterocycles. The van der Waals surface area contributed by atoms with Crippen LogP contribution in [0.2, 0.25) is 0 Å². The molecule has 0 radical (unpaired) electrons. The Morgan fingerprint density at radius 1 is 1.19 bits per heavy atom. The topological polar surface area (TPSA) is 142 Å². The number of aliphatic hydroxyl groups excluding tert-OH is 1. The van der Waals surface area contributed by atoms with Crippen LogP contribution in [0.1, 0.15) is 20.3 Å². The summed E-state index contributed by atoms with van der Waals surface area (Å²) >= 11 is 1.49. The summed E-state index contributed by atoms with van der Waals surface area (Å²) in [5.74, 6) is -1.82. The van der Waals surface area contributed by atoms with Crippen LogP contribution in [0.15, 0.2) is 0 Å². The molecule has 0 saturated carbocycles. The van der Waals surface area contributed by atoms with Crippen molar-refractivity contribution >= 4 is 29.5 Å². The molecule has 4 atom stereocenters. The summed E-state index contributed by atoms with van der Waals surface area (Å²) < 4.78 is 0. The number of nitrogens with two attached hydrogens (primary N) is 1. The third-order valence-electron chi connectivity index (χ3n) is 2.80. The van der Waals surface area contributed by atoms with Crippen molar-refractivity contribution in [2.24, 2.45) is 5.73 Å². The summed E-state index contributed by atoms with van der Waals surface area (Å²) in [7, 11) is 0. The third-order valence-corrected chi connectivity index (χ3v) is 3.44. The molecule has 0 rings (SSSR count). The number of nitrogens with one attached hydrogen (secondary N) is 2. The molecular weight excluding hydrogens is 298 g/mol. The maximum absolute atomic E-state index is 12.0. The molecule has 0 saturated heterocycles. The number of hydrogen-bond acceptors (Lipinski definition) is 6. The molecule has 8 nitrogen and oxygen atoms in total. The minimum Gasteiger partial charge on any atom is -0.480 e. The third kappa shape index (κ3) is 7.30. The average molecular weight is 321 g/mol. The molecular formula is C12H23N3O5S. The van der Waals surface area contributed by atoms with Crippen LogP contribution in [0.3, 0.4) is 0 Å². The first-order valence-corrected chi connectivity index (χ1v) is 7.86. The smallest absolute Gasteiger partial charge is 0.325 e. The minimum absolute atomic E-state index is 0.331. The quantitative estimate of drug-likeness (QED) is 0.349. The lowest BCUT2D eigenvalue weighted by atomic mass is 10.1. The van der Waals surface area contributed by atoms with Crippen LogP contribution in [-0.4, -0.2) is 64.2 Å². The maximum atomic E-state index is 12.0. The van der Waals surface area contributed by atoms with E-state index in [2.05, 4.69) is 10.6 Å². The largest absolute Gasteiger partial charge is 0.480 e. The molecule has 0 spiro atoms. The van der Waals surface area contributed by atoms with Crippen LogP contribution in [0.4, 0.5) is 0 Å². The second kappa shape index (κ2) is 9.59. The summed E-state index contributed by atoms with van der Waals surface area (Å²) in [5, 5.41) is 22.8. The Balaban J connectivity index is 4.74. The van der Waals surface area contributed by atoms with Gasteiger partial charge in [0.05, 0.1) is 6.10 Å². The van der Waals surface area contributed by atoms with E-state index in [1.807, 2.05) is 6.26 Å². The van der Waals surface area contributed by atoms with Crippen LogP contribution in [0.5, 0.6) is 0 Å². The highest BCUT2D eigenvalue weighted by Crippen LogP contribution is 2.03. The highest BCUT2D eigenvalue weighted by molar-refractivity contribution is 7.98. The summed E-state index contributed by atoms with van der Waals surface area (Å²) in [4.78, 5) is 34.5. The molecule has 0 aliphatic rings. The van der Waals surface area contributed by atoms with E-state index in [9.17, 15) is 19.5 Å². The van der Waals surface area contributed by atoms with Crippen LogP contribution >= 0.6 is 11.8 Å². The molecule has 0 aromatic heterocycles. The highest BCUT2D eigenvalue weighted by Gasteiger charge is 2.27. The second-order valence-electron chi connectivity index (χ2n) is 4.68. The minimum atomic E-state index is -1.17. The molecule has 0 aliphatic heterocycles. The van der Waals surface area contributed by atoms with E-state index in [-0.39, 0.29) is 0 Å². The summed E-state index contributed by atoms with van der Waals surface area (Å²) in [6.07, 6.45) is 1.13. The lowest BCUT2D eigenvalue weighted by molar-refractivity contribution is -0.141. The first-order valence-electron chi connectivity index (χ1n) is 6.46. The zero-order valence-corrected chi connectivity index (χ0v) is 13.1. The van der Waals surface area contributed by atoms with E-state index in [1.165, 1.54) is 25.6 Å². The fourth-order valence-electron chi connectivity index (χ4n) is 1.37. The van der Waals surface area contributed by atoms with Crippen molar-refractivity contribution in [3.63, 3.8) is 0 Å². The molecule has 0 aromatic rings. The Kier molecular flexibility index (Phi) is 8.98. The summed E-state index contributed by atoms with van der Waals surface area (Å²) in [5.41, 5.74) is 5.49. The number of hydrogen-bond donors (Lipinski definition) is 5. The summed E-state index contributed by atoms with van der Waals surface area (Å²) in [6, 6.07) is -3.10. The van der Waals surface area contributed by atoms with E-state index in [0.717, 1.165) is 0 Å². The Morgan fingerprint density at radius 2 is 1.76 bits per heavy atom. The molecule has 0 bridgehead atoms. The van der Waals surface area contributed by atoms with Gasteiger partial charge in [0, 0.05) is 0 Å². The number of rotatable bonds is 9. The van der Waals surface area contributed by atoms with Crippen molar-refractivity contribution in [3.8, 4) is 0 Å². The van der Waals surface area contributed by atoms with E-state index >= 15 is 0 Å². The fraction of sp³-hybridized carbons (Fsp3) is 0.750. The fourth-order valence-corrected chi connectivity index (χ4v) is 1.84. The van der Waals surface area contributed by atoms with Gasteiger partial charge >= 0.3 is 5.97 Å². The first-order chi connectivity index (χ1) is 9.70. The standard InChI is InChI=1S/C12H23N3O5S/c1-6(12(19)20)14-10(17)8(4-5-21-3)15-11(18)9(13)7(2)16/h6-9,16H,4-5,13H2,1-3H3,(H,14,17)(H,15,18)(H,19,20). The number of thioether (sulfide) groups is 1. The Hall–Kier alpha value is -1.32. The average Bonchev–Trinajstić information content (AvgIpc) is 2.41. The molecule has 0 aliphatic carbocycles. The van der Waals surface area contributed by atoms with Crippen molar-refractivity contribution in [2.45, 2.75) is 44.5 Å². The monoisotopic (exact) mass is 321 g/mol. The zero-order valence-electron chi connectivity index (χ0n) is 12.3. The van der Waals surface area contributed by atoms with Gasteiger partial charge in [-0.2, -0.15) is 11.8 Å². The van der Waals surface area contributed by atoms with Gasteiger partial charge < -0.3 is 26.6 Å². The normalized spacial score (nSPS) is 16.4. The van der Waals surface area contributed by atoms with Gasteiger partial charge in [-0.1, -0.05) is 0 Å². The van der Waals surface area contributed by atoms with Gasteiger partial charge in [-0.15, -0.1) is 0 Å². The van der Waals surface area contributed by atoms with Crippen LogP contribution in [0, 0.1) is 0 Å². The number of aliphatic carboxylic acids is 1. The van der Waals surface area contributed by atoms with E-state index in [4.69, 9.17) is 10.8 Å². The SMILES string of the molecule is CSCCC(NC(=O)C(N)C(C)O)C(=O)NC(C)C(=O)O. The predicted octanol–water partition coefficient (Wildman–Crippen LogP) is -1.48. The zero-order chi connectivity index (χ0) is 16.6. The number of carboxylic acid groups (broad SMARTS) is 1. The Bertz CT molecular complexity index is 378. The molecule has 0 fully saturated rings. The molecule has 0 aromatic carbocycles. The molecule has 122 valence electrons. The lowest BCUT2D eigenvalue weighted by Gasteiger charge is -2.22. The highest BCUT2D eigenvalue weighted by atomic mass is 32.2. The van der Waals surface area contributed by atoms with Gasteiger partial charge in [-0.3, -0.25) is 14.4 Å². The van der Waals surface area contributed by atoms with Crippen molar-refractivity contribution in [2.75, 3.05) is 12.0 Å². The number of carbonyl (C=O) groups is 3. The predicted molar refractivity (Wildman–Crippen MR) is 79.8 cm³/mol. The van der Waals surface area contributed by atoms with Crippen molar-refractivity contribution < 1.29 is 24.6 Å². The van der Waals surface area contributed by atoms with Gasteiger partial charge in [-0.05, 0) is 32.3 Å². The van der Waals surface area contributed by atoms with Gasteiger partial charge in [0.15, 0.2) is 0 Å². The van der Waals surface area contributed by atoms with Gasteiger partial charge in [0.1, 0.15) is 18.1 Å². The molecule has 21 heavy (non-hydrogen) atoms. The molecule has 9 heteroatoms. The number of aliphatic hydroxyl groups is 1. The lowest BCUT2D eigenvalue weighted by Crippen LogP contribution is -2.56. The second-order valence-corrected chi connectivity index (χ2v) is 5.66. The van der Waals surface area contributed by atoms with Crippen LogP contribution in [0.25, 0.3) is 0 Å². The van der Waals surface area contributed by atoms with Gasteiger partial charge in [-0.25, -0.2) is 0 Å². The van der Waals surface area contributed by atoms with Crippen LogP contribution in [-0.2, 0) is 14.4 Å². The maximum Gasteiger partial charge on any atom is 0.325 e. The van der Waals surface area contributed by atoms with E-state index in [1.54, 1.807) is 0 Å². The van der Waals surface area contributed by atoms with Crippen molar-refractivity contribution in [1.29, 1.82) is 0 Å². The number of carboxylic acids is 1. The van der Waals surface area contributed by atoms with E-state index in [0.29, 0.717) is 12.2 Å². The van der Waals surface area contributed by atoms with Gasteiger partial charge in [0.25, 0.3) is 0 Å². The van der Waals surface area contributed by atoms with Crippen molar-refractivity contribution in [1.82, 2.24) is 10.6 Å². The Morgan fingerprint density at radius 3 is 2.19 bits per heavy atom. The molecule has 2 amide bonds. The summed E-state index contributed by atoms with van der Waals surface area (Å²) in [6.45, 7) is 2.70. The van der Waals surface area contributed by atoms with Crippen LogP contribution < -0.4 is 16.4 Å². The van der Waals surface area contributed by atoms with Crippen molar-refractivity contribution in [3.05, 3.63) is 0 Å². The molecule has 4 unspecified atom stereocenters. The van der Waals surface area contributed by atoms with E-state index < -0.39 is 42.0 Å². The van der Waals surface area contributed by atoms with Gasteiger partial charge in [0.2, 0.25) is 11.8 Å². The number of amides is 2. The molecule has 6 N–H and O–H groups in total.